The second kappa shape index (κ2) is 3.99. The highest BCUT2D eigenvalue weighted by molar-refractivity contribution is 5.13. The first-order chi connectivity index (χ1) is 6.13. The van der Waals surface area contributed by atoms with Crippen LogP contribution in [0.2, 0.25) is 0 Å². The third-order valence-corrected chi connectivity index (χ3v) is 1.68. The summed E-state index contributed by atoms with van der Waals surface area (Å²) < 4.78 is 1.37. The van der Waals surface area contributed by atoms with Crippen molar-refractivity contribution in [3.63, 3.8) is 0 Å². The molecule has 0 aliphatic rings. The van der Waals surface area contributed by atoms with Crippen LogP contribution in [0.5, 0.6) is 0 Å². The normalized spacial score (nSPS) is 12.8. The van der Waals surface area contributed by atoms with Crippen molar-refractivity contribution in [1.82, 2.24) is 9.78 Å². The van der Waals surface area contributed by atoms with Gasteiger partial charge in [0.25, 0.3) is 0 Å². The third-order valence-electron chi connectivity index (χ3n) is 1.68. The van der Waals surface area contributed by atoms with Crippen LogP contribution in [0.1, 0.15) is 13.3 Å². The molecule has 1 aromatic heterocycles. The number of aliphatic hydroxyl groups is 1. The number of nitrogens with zero attached hydrogens (tertiary/aromatic N) is 3. The van der Waals surface area contributed by atoms with Gasteiger partial charge in [-0.2, -0.15) is 4.68 Å². The van der Waals surface area contributed by atoms with Crippen molar-refractivity contribution >= 4 is 5.82 Å². The minimum Gasteiger partial charge on any atom is -0.391 e. The fourth-order valence-corrected chi connectivity index (χ4v) is 0.895. The van der Waals surface area contributed by atoms with Crippen LogP contribution in [-0.4, -0.2) is 25.9 Å². The van der Waals surface area contributed by atoms with E-state index in [9.17, 15) is 15.2 Å². The number of hydrogen-bond acceptors (Lipinski definition) is 4. The first-order valence-electron chi connectivity index (χ1n) is 3.99. The summed E-state index contributed by atoms with van der Waals surface area (Å²) in [5, 5.41) is 23.1. The van der Waals surface area contributed by atoms with Gasteiger partial charge in [0.2, 0.25) is 0 Å². The Kier molecular flexibility index (Phi) is 2.97. The molecule has 6 nitrogen and oxygen atoms in total. The molecule has 0 bridgehead atoms. The number of nitro groups is 1. The molecule has 0 aromatic carbocycles. The summed E-state index contributed by atoms with van der Waals surface area (Å²) in [5.74, 6) is -0.191. The molecule has 0 radical (unpaired) electrons. The van der Waals surface area contributed by atoms with Crippen molar-refractivity contribution < 1.29 is 10.0 Å². The van der Waals surface area contributed by atoms with E-state index < -0.39 is 11.0 Å². The molecule has 1 rings (SSSR count). The molecule has 0 amide bonds. The van der Waals surface area contributed by atoms with Crippen molar-refractivity contribution in [1.29, 1.82) is 0 Å². The Labute approximate surface area is 74.9 Å². The van der Waals surface area contributed by atoms with Gasteiger partial charge in [-0.1, -0.05) is 6.92 Å². The first-order valence-corrected chi connectivity index (χ1v) is 3.99. The molecule has 72 valence electrons. The van der Waals surface area contributed by atoms with Gasteiger partial charge in [-0.25, -0.2) is 0 Å². The zero-order valence-electron chi connectivity index (χ0n) is 7.25. The molecule has 1 heterocycles. The van der Waals surface area contributed by atoms with Crippen LogP contribution in [0.3, 0.4) is 0 Å². The van der Waals surface area contributed by atoms with Crippen LogP contribution >= 0.6 is 0 Å². The molecule has 0 fully saturated rings. The Bertz CT molecular complexity index is 297. The quantitative estimate of drug-likeness (QED) is 0.549. The summed E-state index contributed by atoms with van der Waals surface area (Å²) in [6.45, 7) is 2.13. The number of aromatic nitrogens is 2. The number of rotatable bonds is 4. The van der Waals surface area contributed by atoms with E-state index in [-0.39, 0.29) is 5.82 Å². The van der Waals surface area contributed by atoms with Crippen molar-refractivity contribution in [2.75, 3.05) is 0 Å². The van der Waals surface area contributed by atoms with E-state index in [1.165, 1.54) is 16.9 Å². The summed E-state index contributed by atoms with van der Waals surface area (Å²) in [6.07, 6.45) is 1.59. The maximum atomic E-state index is 10.2. The topological polar surface area (TPSA) is 81.2 Å². The maximum absolute atomic E-state index is 10.2. The Morgan fingerprint density at radius 2 is 2.54 bits per heavy atom. The third kappa shape index (κ3) is 2.51. The average molecular weight is 185 g/mol. The molecular weight excluding hydrogens is 174 g/mol. The zero-order chi connectivity index (χ0) is 9.84. The van der Waals surface area contributed by atoms with E-state index in [4.69, 9.17) is 0 Å². The van der Waals surface area contributed by atoms with Crippen molar-refractivity contribution in [3.05, 3.63) is 22.4 Å². The number of aliphatic hydroxyl groups excluding tert-OH is 1. The highest BCUT2D eigenvalue weighted by atomic mass is 16.6. The highest BCUT2D eigenvalue weighted by Gasteiger charge is 2.12. The monoisotopic (exact) mass is 185 g/mol. The van der Waals surface area contributed by atoms with E-state index in [1.807, 2.05) is 6.92 Å². The minimum absolute atomic E-state index is 0.191. The summed E-state index contributed by atoms with van der Waals surface area (Å²) in [7, 11) is 0. The van der Waals surface area contributed by atoms with E-state index in [2.05, 4.69) is 5.10 Å². The predicted octanol–water partition coefficient (Wildman–Crippen LogP) is 0.562. The molecule has 0 spiro atoms. The molecule has 0 aliphatic carbocycles. The Morgan fingerprint density at radius 3 is 3.00 bits per heavy atom. The van der Waals surface area contributed by atoms with Gasteiger partial charge in [-0.05, 0) is 11.3 Å². The van der Waals surface area contributed by atoms with Crippen LogP contribution in [-0.2, 0) is 6.54 Å². The Hall–Kier alpha value is -1.43. The summed E-state index contributed by atoms with van der Waals surface area (Å²) in [5.41, 5.74) is 0. The van der Waals surface area contributed by atoms with Crippen LogP contribution in [0.4, 0.5) is 5.82 Å². The van der Waals surface area contributed by atoms with Gasteiger partial charge in [0, 0.05) is 0 Å². The lowest BCUT2D eigenvalue weighted by Crippen LogP contribution is -2.15. The fourth-order valence-electron chi connectivity index (χ4n) is 0.895. The Morgan fingerprint density at radius 1 is 1.85 bits per heavy atom. The summed E-state index contributed by atoms with van der Waals surface area (Å²) in [6, 6.07) is 1.31. The second-order valence-electron chi connectivity index (χ2n) is 2.72. The molecule has 1 N–H and O–H groups in total. The van der Waals surface area contributed by atoms with Gasteiger partial charge in [0.1, 0.15) is 0 Å². The van der Waals surface area contributed by atoms with E-state index in [1.54, 1.807) is 0 Å². The standard InChI is InChI=1S/C7H11N3O3/c1-2-6(11)5-9-4-3-7(8-9)10(12)13/h3-4,6,11H,2,5H2,1H3. The average Bonchev–Trinajstić information content (AvgIpc) is 2.52. The lowest BCUT2D eigenvalue weighted by atomic mass is 10.3. The molecule has 13 heavy (non-hydrogen) atoms. The lowest BCUT2D eigenvalue weighted by Gasteiger charge is -2.03. The summed E-state index contributed by atoms with van der Waals surface area (Å²) >= 11 is 0. The van der Waals surface area contributed by atoms with Gasteiger partial charge in [-0.15, -0.1) is 0 Å². The second-order valence-corrected chi connectivity index (χ2v) is 2.72. The van der Waals surface area contributed by atoms with Crippen LogP contribution in [0.25, 0.3) is 0 Å². The molecule has 1 atom stereocenters. The molecule has 0 saturated heterocycles. The van der Waals surface area contributed by atoms with Crippen molar-refractivity contribution in [2.24, 2.45) is 0 Å². The largest absolute Gasteiger partial charge is 0.391 e. The fraction of sp³-hybridized carbons (Fsp3) is 0.571. The molecule has 6 heteroatoms. The molecule has 0 saturated carbocycles. The van der Waals surface area contributed by atoms with Gasteiger partial charge in [0.05, 0.1) is 30.0 Å². The first kappa shape index (κ1) is 9.66. The SMILES string of the molecule is CCC(O)Cn1ccc([N+](=O)[O-])n1. The van der Waals surface area contributed by atoms with Crippen LogP contribution < -0.4 is 0 Å². The Balaban J connectivity index is 2.64. The van der Waals surface area contributed by atoms with Gasteiger partial charge in [-0.3, -0.25) is 0 Å². The molecule has 0 aliphatic heterocycles. The van der Waals surface area contributed by atoms with Gasteiger partial charge < -0.3 is 15.2 Å². The lowest BCUT2D eigenvalue weighted by molar-refractivity contribution is -0.389. The minimum atomic E-state index is -0.561. The smallest absolute Gasteiger partial charge is 0.389 e. The molecule has 1 unspecified atom stereocenters. The summed E-state index contributed by atoms with van der Waals surface area (Å²) in [4.78, 5) is 9.68. The number of hydrogen-bond donors (Lipinski definition) is 1. The maximum Gasteiger partial charge on any atom is 0.389 e. The van der Waals surface area contributed by atoms with E-state index in [0.717, 1.165) is 0 Å². The van der Waals surface area contributed by atoms with E-state index in [0.29, 0.717) is 13.0 Å². The molecule has 1 aromatic rings. The predicted molar refractivity (Wildman–Crippen MR) is 45.2 cm³/mol. The van der Waals surface area contributed by atoms with Crippen LogP contribution in [0.15, 0.2) is 12.3 Å². The zero-order valence-corrected chi connectivity index (χ0v) is 7.25. The van der Waals surface area contributed by atoms with Crippen molar-refractivity contribution in [3.8, 4) is 0 Å². The van der Waals surface area contributed by atoms with E-state index >= 15 is 0 Å². The van der Waals surface area contributed by atoms with Gasteiger partial charge >= 0.3 is 5.82 Å². The van der Waals surface area contributed by atoms with Crippen molar-refractivity contribution in [2.45, 2.75) is 26.0 Å². The van der Waals surface area contributed by atoms with Gasteiger partial charge in [0.15, 0.2) is 0 Å². The van der Waals surface area contributed by atoms with Crippen LogP contribution in [0, 0.1) is 10.1 Å². The highest BCUT2D eigenvalue weighted by Crippen LogP contribution is 2.06. The molecular formula is C7H11N3O3.